The van der Waals surface area contributed by atoms with E-state index in [1.165, 1.54) is 37.7 Å². The SMILES string of the molecule is CN=C(NCC1(C2CC2)CC1)N1CCC(COCc2ccccc2)C1. The fourth-order valence-corrected chi connectivity index (χ4v) is 4.25. The molecule has 1 aromatic carbocycles. The number of hydrogen-bond donors (Lipinski definition) is 1. The first-order chi connectivity index (χ1) is 12.3. The second-order valence-electron chi connectivity index (χ2n) is 8.14. The van der Waals surface area contributed by atoms with Crippen LogP contribution in [0, 0.1) is 17.3 Å². The summed E-state index contributed by atoms with van der Waals surface area (Å²) in [7, 11) is 1.91. The van der Waals surface area contributed by atoms with Gasteiger partial charge in [-0.3, -0.25) is 4.99 Å². The quantitative estimate of drug-likeness (QED) is 0.611. The van der Waals surface area contributed by atoms with Gasteiger partial charge in [0.1, 0.15) is 0 Å². The predicted molar refractivity (Wildman–Crippen MR) is 102 cm³/mol. The molecular weight excluding hydrogens is 310 g/mol. The van der Waals surface area contributed by atoms with Crippen molar-refractivity contribution in [2.45, 2.75) is 38.7 Å². The van der Waals surface area contributed by atoms with Crippen LogP contribution in [0.5, 0.6) is 0 Å². The Morgan fingerprint density at radius 2 is 2.04 bits per heavy atom. The molecular formula is C21H31N3O. The zero-order chi connectivity index (χ0) is 17.1. The zero-order valence-corrected chi connectivity index (χ0v) is 15.4. The summed E-state index contributed by atoms with van der Waals surface area (Å²) < 4.78 is 5.94. The third-order valence-electron chi connectivity index (χ3n) is 6.20. The maximum absolute atomic E-state index is 5.94. The van der Waals surface area contributed by atoms with E-state index in [-0.39, 0.29) is 0 Å². The number of guanidine groups is 1. The number of benzene rings is 1. The van der Waals surface area contributed by atoms with E-state index in [1.54, 1.807) is 0 Å². The van der Waals surface area contributed by atoms with Gasteiger partial charge in [-0.15, -0.1) is 0 Å². The monoisotopic (exact) mass is 341 g/mol. The molecule has 1 N–H and O–H groups in total. The number of nitrogens with zero attached hydrogens (tertiary/aromatic N) is 2. The Hall–Kier alpha value is -1.55. The maximum Gasteiger partial charge on any atom is 0.193 e. The molecule has 1 atom stereocenters. The zero-order valence-electron chi connectivity index (χ0n) is 15.4. The first-order valence-corrected chi connectivity index (χ1v) is 9.86. The minimum atomic E-state index is 0.612. The lowest BCUT2D eigenvalue weighted by molar-refractivity contribution is 0.0906. The van der Waals surface area contributed by atoms with Crippen LogP contribution in [0.15, 0.2) is 35.3 Å². The molecule has 0 amide bonds. The summed E-state index contributed by atoms with van der Waals surface area (Å²) in [5, 5.41) is 3.67. The predicted octanol–water partition coefficient (Wildman–Crippen LogP) is 3.29. The van der Waals surface area contributed by atoms with Crippen molar-refractivity contribution in [2.75, 3.05) is 33.3 Å². The van der Waals surface area contributed by atoms with Gasteiger partial charge in [-0.25, -0.2) is 0 Å². The second-order valence-corrected chi connectivity index (χ2v) is 8.14. The topological polar surface area (TPSA) is 36.9 Å². The lowest BCUT2D eigenvalue weighted by Gasteiger charge is -2.24. The summed E-state index contributed by atoms with van der Waals surface area (Å²) in [5.41, 5.74) is 1.87. The summed E-state index contributed by atoms with van der Waals surface area (Å²) in [6.45, 7) is 4.83. The van der Waals surface area contributed by atoms with Crippen molar-refractivity contribution in [3.05, 3.63) is 35.9 Å². The van der Waals surface area contributed by atoms with Gasteiger partial charge in [-0.05, 0) is 49.0 Å². The fraction of sp³-hybridized carbons (Fsp3) is 0.667. The van der Waals surface area contributed by atoms with Crippen LogP contribution < -0.4 is 5.32 Å². The van der Waals surface area contributed by atoms with Crippen LogP contribution in [0.25, 0.3) is 0 Å². The fourth-order valence-electron chi connectivity index (χ4n) is 4.25. The molecule has 3 aliphatic rings. The Labute approximate surface area is 151 Å². The molecule has 136 valence electrons. The van der Waals surface area contributed by atoms with Crippen LogP contribution in [-0.4, -0.2) is 44.1 Å². The number of hydrogen-bond acceptors (Lipinski definition) is 2. The lowest BCUT2D eigenvalue weighted by Crippen LogP contribution is -2.43. The summed E-state index contributed by atoms with van der Waals surface area (Å²) in [6, 6.07) is 10.4. The Balaban J connectivity index is 1.19. The molecule has 4 nitrogen and oxygen atoms in total. The van der Waals surface area contributed by atoms with Crippen molar-refractivity contribution in [1.29, 1.82) is 0 Å². The van der Waals surface area contributed by atoms with Crippen molar-refractivity contribution in [2.24, 2.45) is 22.2 Å². The number of ether oxygens (including phenoxy) is 1. The molecule has 1 saturated heterocycles. The second kappa shape index (κ2) is 7.36. The van der Waals surface area contributed by atoms with E-state index in [0.717, 1.165) is 38.1 Å². The molecule has 0 aromatic heterocycles. The summed E-state index contributed by atoms with van der Waals surface area (Å²) in [6.07, 6.45) is 6.92. The highest BCUT2D eigenvalue weighted by Crippen LogP contribution is 2.60. The number of rotatable bonds is 7. The third-order valence-corrected chi connectivity index (χ3v) is 6.20. The minimum Gasteiger partial charge on any atom is -0.376 e. The summed E-state index contributed by atoms with van der Waals surface area (Å²) >= 11 is 0. The van der Waals surface area contributed by atoms with E-state index >= 15 is 0 Å². The Morgan fingerprint density at radius 3 is 2.72 bits per heavy atom. The average molecular weight is 341 g/mol. The molecule has 4 heteroatoms. The van der Waals surface area contributed by atoms with E-state index in [4.69, 9.17) is 4.74 Å². The van der Waals surface area contributed by atoms with E-state index in [2.05, 4.69) is 39.5 Å². The van der Waals surface area contributed by atoms with Crippen molar-refractivity contribution in [1.82, 2.24) is 10.2 Å². The molecule has 1 aliphatic heterocycles. The van der Waals surface area contributed by atoms with Crippen LogP contribution in [0.4, 0.5) is 0 Å². The van der Waals surface area contributed by atoms with Crippen LogP contribution in [0.3, 0.4) is 0 Å². The Morgan fingerprint density at radius 1 is 1.24 bits per heavy atom. The highest BCUT2D eigenvalue weighted by Gasteiger charge is 2.53. The van der Waals surface area contributed by atoms with Crippen LogP contribution in [0.2, 0.25) is 0 Å². The van der Waals surface area contributed by atoms with Gasteiger partial charge in [-0.1, -0.05) is 30.3 Å². The van der Waals surface area contributed by atoms with E-state index in [0.29, 0.717) is 17.9 Å². The summed E-state index contributed by atoms with van der Waals surface area (Å²) in [4.78, 5) is 6.95. The number of likely N-dealkylation sites (tertiary alicyclic amines) is 1. The van der Waals surface area contributed by atoms with Crippen molar-refractivity contribution in [3.8, 4) is 0 Å². The molecule has 4 rings (SSSR count). The Kier molecular flexibility index (Phi) is 4.98. The third kappa shape index (κ3) is 4.17. The average Bonchev–Trinajstić information content (AvgIpc) is 3.55. The highest BCUT2D eigenvalue weighted by atomic mass is 16.5. The van der Waals surface area contributed by atoms with E-state index < -0.39 is 0 Å². The standard InChI is InChI=1S/C21H31N3O/c1-22-20(23-16-21(10-11-21)19-7-8-19)24-12-9-18(13-24)15-25-14-17-5-3-2-4-6-17/h2-6,18-19H,7-16H2,1H3,(H,22,23). The van der Waals surface area contributed by atoms with Crippen molar-refractivity contribution in [3.63, 3.8) is 0 Å². The molecule has 0 radical (unpaired) electrons. The van der Waals surface area contributed by atoms with E-state index in [9.17, 15) is 0 Å². The van der Waals surface area contributed by atoms with Gasteiger partial charge in [0.15, 0.2) is 5.96 Å². The van der Waals surface area contributed by atoms with Gasteiger partial charge in [0.25, 0.3) is 0 Å². The summed E-state index contributed by atoms with van der Waals surface area (Å²) in [5.74, 6) is 2.70. The normalized spacial score (nSPS) is 25.2. The van der Waals surface area contributed by atoms with Gasteiger partial charge in [0.05, 0.1) is 13.2 Å². The number of aliphatic imine (C=N–C) groups is 1. The Bertz CT molecular complexity index is 592. The molecule has 1 aromatic rings. The first kappa shape index (κ1) is 16.9. The first-order valence-electron chi connectivity index (χ1n) is 9.86. The molecule has 0 bridgehead atoms. The molecule has 1 unspecified atom stereocenters. The molecule has 25 heavy (non-hydrogen) atoms. The van der Waals surface area contributed by atoms with Gasteiger partial charge < -0.3 is 15.0 Å². The van der Waals surface area contributed by atoms with Gasteiger partial charge >= 0.3 is 0 Å². The lowest BCUT2D eigenvalue weighted by atomic mass is 10.0. The minimum absolute atomic E-state index is 0.612. The van der Waals surface area contributed by atoms with Gasteiger partial charge in [0, 0.05) is 32.6 Å². The van der Waals surface area contributed by atoms with Gasteiger partial charge in [0.2, 0.25) is 0 Å². The van der Waals surface area contributed by atoms with Crippen LogP contribution in [0.1, 0.15) is 37.7 Å². The molecule has 1 heterocycles. The van der Waals surface area contributed by atoms with Gasteiger partial charge in [-0.2, -0.15) is 0 Å². The molecule has 3 fully saturated rings. The molecule has 2 aliphatic carbocycles. The maximum atomic E-state index is 5.94. The highest BCUT2D eigenvalue weighted by molar-refractivity contribution is 5.80. The molecule has 0 spiro atoms. The van der Waals surface area contributed by atoms with Crippen molar-refractivity contribution < 1.29 is 4.74 Å². The van der Waals surface area contributed by atoms with Crippen molar-refractivity contribution >= 4 is 5.96 Å². The van der Waals surface area contributed by atoms with Crippen LogP contribution in [-0.2, 0) is 11.3 Å². The van der Waals surface area contributed by atoms with Crippen LogP contribution >= 0.6 is 0 Å². The number of nitrogens with one attached hydrogen (secondary N) is 1. The smallest absolute Gasteiger partial charge is 0.193 e. The molecule has 2 saturated carbocycles. The van der Waals surface area contributed by atoms with E-state index in [1.807, 2.05) is 13.1 Å². The largest absolute Gasteiger partial charge is 0.376 e.